The average molecular weight is 433 g/mol. The number of amides is 2. The molecule has 1 heterocycles. The lowest BCUT2D eigenvalue weighted by Crippen LogP contribution is -2.33. The third-order valence-corrected chi connectivity index (χ3v) is 4.06. The quantitative estimate of drug-likeness (QED) is 0.555. The molecule has 0 unspecified atom stereocenters. The van der Waals surface area contributed by atoms with Crippen LogP contribution in [0.5, 0.6) is 0 Å². The van der Waals surface area contributed by atoms with Gasteiger partial charge in [-0.2, -0.15) is 0 Å². The number of hydrogen-bond acceptors (Lipinski definition) is 4. The molecule has 0 aliphatic rings. The molecule has 6 nitrogen and oxygen atoms in total. The Bertz CT molecular complexity index is 907. The molecule has 29 heavy (non-hydrogen) atoms. The number of carbonyl (C=O) groups is 2. The highest BCUT2D eigenvalue weighted by Gasteiger charge is 2.16. The lowest BCUT2D eigenvalue weighted by Gasteiger charge is -2.13. The molecule has 4 N–H and O–H groups in total. The molecule has 0 bridgehead atoms. The van der Waals surface area contributed by atoms with E-state index in [4.69, 9.17) is 5.73 Å². The number of halogens is 2. The van der Waals surface area contributed by atoms with E-state index in [9.17, 15) is 9.59 Å². The second kappa shape index (κ2) is 11.8. The number of nitrogens with two attached hydrogens (primary N) is 1. The van der Waals surface area contributed by atoms with Crippen molar-refractivity contribution in [3.8, 4) is 0 Å². The van der Waals surface area contributed by atoms with Gasteiger partial charge in [0.15, 0.2) is 0 Å². The Labute approximate surface area is 181 Å². The number of nitrogens with zero attached hydrogens (tertiary/aromatic N) is 1. The van der Waals surface area contributed by atoms with Gasteiger partial charge in [-0.3, -0.25) is 14.6 Å². The van der Waals surface area contributed by atoms with E-state index in [2.05, 4.69) is 15.6 Å². The van der Waals surface area contributed by atoms with Crippen LogP contribution in [0.1, 0.15) is 27.5 Å². The zero-order valence-electron chi connectivity index (χ0n) is 15.4. The van der Waals surface area contributed by atoms with Crippen molar-refractivity contribution in [1.82, 2.24) is 10.3 Å². The molecule has 8 heteroatoms. The van der Waals surface area contributed by atoms with Gasteiger partial charge in [-0.25, -0.2) is 0 Å². The van der Waals surface area contributed by atoms with Crippen LogP contribution in [0.3, 0.4) is 0 Å². The van der Waals surface area contributed by atoms with Crippen LogP contribution in [0.2, 0.25) is 0 Å². The number of hydrogen-bond donors (Lipinski definition) is 3. The third kappa shape index (κ3) is 6.87. The minimum Gasteiger partial charge on any atom is -0.350 e. The molecule has 0 saturated heterocycles. The molecule has 2 aromatic carbocycles. The maximum atomic E-state index is 12.3. The second-order valence-electron chi connectivity index (χ2n) is 5.99. The molecule has 3 rings (SSSR count). The number of rotatable bonds is 6. The van der Waals surface area contributed by atoms with Crippen LogP contribution in [0.15, 0.2) is 79.1 Å². The topological polar surface area (TPSA) is 97.1 Å². The van der Waals surface area contributed by atoms with E-state index in [-0.39, 0.29) is 36.6 Å². The molecule has 2 amide bonds. The van der Waals surface area contributed by atoms with Crippen molar-refractivity contribution in [3.63, 3.8) is 0 Å². The van der Waals surface area contributed by atoms with Gasteiger partial charge in [0.05, 0.1) is 0 Å². The first-order valence-electron chi connectivity index (χ1n) is 8.52. The summed E-state index contributed by atoms with van der Waals surface area (Å²) < 4.78 is 0. The van der Waals surface area contributed by atoms with Gasteiger partial charge in [-0.1, -0.05) is 42.5 Å². The predicted octanol–water partition coefficient (Wildman–Crippen LogP) is 3.49. The molecule has 0 aliphatic carbocycles. The summed E-state index contributed by atoms with van der Waals surface area (Å²) in [4.78, 5) is 28.4. The van der Waals surface area contributed by atoms with Crippen molar-refractivity contribution in [1.29, 1.82) is 0 Å². The van der Waals surface area contributed by atoms with Gasteiger partial charge < -0.3 is 16.4 Å². The first-order chi connectivity index (χ1) is 13.1. The Morgan fingerprint density at radius 3 is 2.14 bits per heavy atom. The fraction of sp³-hybridized carbons (Fsp3) is 0.0952. The molecule has 0 spiro atoms. The van der Waals surface area contributed by atoms with Crippen LogP contribution in [-0.2, 0) is 11.3 Å². The lowest BCUT2D eigenvalue weighted by molar-refractivity contribution is -0.122. The van der Waals surface area contributed by atoms with Crippen molar-refractivity contribution in [3.05, 3.63) is 95.8 Å². The third-order valence-electron chi connectivity index (χ3n) is 4.06. The van der Waals surface area contributed by atoms with Crippen molar-refractivity contribution < 1.29 is 9.59 Å². The zero-order valence-corrected chi connectivity index (χ0v) is 17.1. The number of nitrogens with one attached hydrogen (secondary N) is 2. The number of benzene rings is 2. The number of aromatic nitrogens is 1. The Kier molecular flexibility index (Phi) is 9.82. The van der Waals surface area contributed by atoms with Gasteiger partial charge in [0.1, 0.15) is 6.04 Å². The second-order valence-corrected chi connectivity index (χ2v) is 5.99. The number of anilines is 1. The van der Waals surface area contributed by atoms with Gasteiger partial charge in [0, 0.05) is 30.2 Å². The lowest BCUT2D eigenvalue weighted by atomic mass is 10.0. The van der Waals surface area contributed by atoms with E-state index in [1.807, 2.05) is 30.3 Å². The van der Waals surface area contributed by atoms with E-state index in [0.29, 0.717) is 23.4 Å². The molecule has 1 atom stereocenters. The molecule has 0 fully saturated rings. The summed E-state index contributed by atoms with van der Waals surface area (Å²) in [6, 6.07) is 18.9. The van der Waals surface area contributed by atoms with Gasteiger partial charge in [0.2, 0.25) is 5.91 Å². The minimum atomic E-state index is -0.800. The molecular weight excluding hydrogens is 411 g/mol. The molecule has 0 saturated carbocycles. The summed E-state index contributed by atoms with van der Waals surface area (Å²) >= 11 is 0. The minimum absolute atomic E-state index is 0. The first kappa shape index (κ1) is 24.1. The van der Waals surface area contributed by atoms with Crippen molar-refractivity contribution in [2.45, 2.75) is 12.6 Å². The smallest absolute Gasteiger partial charge is 0.255 e. The van der Waals surface area contributed by atoms with Crippen molar-refractivity contribution >= 4 is 42.3 Å². The SMILES string of the molecule is Cl.Cl.N[C@@H](C(=O)NCc1ccccc1)c1ccc(C(=O)Nc2ccncc2)cc1. The van der Waals surface area contributed by atoms with Crippen LogP contribution in [0.25, 0.3) is 0 Å². The fourth-order valence-corrected chi connectivity index (χ4v) is 2.53. The van der Waals surface area contributed by atoms with E-state index in [1.165, 1.54) is 0 Å². The summed E-state index contributed by atoms with van der Waals surface area (Å²) in [5.41, 5.74) is 8.82. The van der Waals surface area contributed by atoms with Gasteiger partial charge in [-0.15, -0.1) is 24.8 Å². The summed E-state index contributed by atoms with van der Waals surface area (Å²) in [6.07, 6.45) is 3.21. The van der Waals surface area contributed by atoms with Crippen LogP contribution in [0, 0.1) is 0 Å². The van der Waals surface area contributed by atoms with Crippen LogP contribution in [0.4, 0.5) is 5.69 Å². The standard InChI is InChI=1S/C21H20N4O2.2ClH/c22-19(21(27)24-14-15-4-2-1-3-5-15)16-6-8-17(9-7-16)20(26)25-18-10-12-23-13-11-18;;/h1-13,19H,14,22H2,(H,24,27)(H,23,25,26);2*1H/t19-;;/m1../s1. The molecule has 3 aromatic rings. The largest absolute Gasteiger partial charge is 0.350 e. The highest BCUT2D eigenvalue weighted by Crippen LogP contribution is 2.14. The molecule has 152 valence electrons. The van der Waals surface area contributed by atoms with E-state index in [1.54, 1.807) is 48.8 Å². The van der Waals surface area contributed by atoms with Crippen LogP contribution < -0.4 is 16.4 Å². The average Bonchev–Trinajstić information content (AvgIpc) is 2.73. The Hall–Kier alpha value is -2.93. The maximum absolute atomic E-state index is 12.3. The fourth-order valence-electron chi connectivity index (χ4n) is 2.53. The molecular formula is C21H22Cl2N4O2. The molecule has 0 radical (unpaired) electrons. The first-order valence-corrected chi connectivity index (χ1v) is 8.52. The van der Waals surface area contributed by atoms with Gasteiger partial charge in [-0.05, 0) is 35.4 Å². The van der Waals surface area contributed by atoms with E-state index < -0.39 is 6.04 Å². The highest BCUT2D eigenvalue weighted by molar-refractivity contribution is 6.04. The van der Waals surface area contributed by atoms with E-state index in [0.717, 1.165) is 5.56 Å². The van der Waals surface area contributed by atoms with Crippen molar-refractivity contribution in [2.24, 2.45) is 5.73 Å². The molecule has 0 aliphatic heterocycles. The number of pyridine rings is 1. The Morgan fingerprint density at radius 1 is 0.897 bits per heavy atom. The summed E-state index contributed by atoms with van der Waals surface area (Å²) in [5.74, 6) is -0.511. The number of carbonyl (C=O) groups excluding carboxylic acids is 2. The van der Waals surface area contributed by atoms with Gasteiger partial charge in [0.25, 0.3) is 5.91 Å². The van der Waals surface area contributed by atoms with Crippen LogP contribution >= 0.6 is 24.8 Å². The normalized spacial score (nSPS) is 10.7. The Morgan fingerprint density at radius 2 is 1.52 bits per heavy atom. The Balaban J connectivity index is 0.00000210. The van der Waals surface area contributed by atoms with Crippen LogP contribution in [-0.4, -0.2) is 16.8 Å². The molecule has 1 aromatic heterocycles. The summed E-state index contributed by atoms with van der Waals surface area (Å²) in [6.45, 7) is 0.416. The monoisotopic (exact) mass is 432 g/mol. The summed E-state index contributed by atoms with van der Waals surface area (Å²) in [5, 5.41) is 5.60. The highest BCUT2D eigenvalue weighted by atomic mass is 35.5. The summed E-state index contributed by atoms with van der Waals surface area (Å²) in [7, 11) is 0. The maximum Gasteiger partial charge on any atom is 0.255 e. The zero-order chi connectivity index (χ0) is 19.1. The van der Waals surface area contributed by atoms with E-state index >= 15 is 0 Å². The predicted molar refractivity (Wildman–Crippen MR) is 118 cm³/mol. The van der Waals surface area contributed by atoms with Crippen molar-refractivity contribution in [2.75, 3.05) is 5.32 Å². The van der Waals surface area contributed by atoms with Gasteiger partial charge >= 0.3 is 0 Å².